The average molecular weight is 244 g/mol. The van der Waals surface area contributed by atoms with Crippen molar-refractivity contribution in [2.75, 3.05) is 19.3 Å². The van der Waals surface area contributed by atoms with Crippen molar-refractivity contribution >= 4 is 17.7 Å². The molecule has 0 unspecified atom stereocenters. The molecule has 3 nitrogen and oxygen atoms in total. The molecule has 16 heavy (non-hydrogen) atoms. The first kappa shape index (κ1) is 13.8. The van der Waals surface area contributed by atoms with Crippen LogP contribution in [0.5, 0.6) is 0 Å². The minimum Gasteiger partial charge on any atom is -0.354 e. The van der Waals surface area contributed by atoms with Crippen molar-refractivity contribution in [2.45, 2.75) is 50.3 Å². The van der Waals surface area contributed by atoms with Crippen LogP contribution in [0.15, 0.2) is 0 Å². The first-order valence-corrected chi connectivity index (χ1v) is 7.16. The molecular weight excluding hydrogens is 220 g/mol. The van der Waals surface area contributed by atoms with Crippen molar-refractivity contribution in [3.63, 3.8) is 0 Å². The quantitative estimate of drug-likeness (QED) is 0.774. The van der Waals surface area contributed by atoms with Crippen LogP contribution in [0.3, 0.4) is 0 Å². The smallest absolute Gasteiger partial charge is 0.234 e. The molecule has 0 aromatic carbocycles. The molecule has 0 spiro atoms. The second-order valence-electron chi connectivity index (χ2n) is 5.62. The molecule has 0 atom stereocenters. The second-order valence-corrected chi connectivity index (χ2v) is 6.90. The van der Waals surface area contributed by atoms with E-state index in [0.717, 1.165) is 6.54 Å². The Morgan fingerprint density at radius 1 is 1.38 bits per heavy atom. The van der Waals surface area contributed by atoms with E-state index in [1.807, 2.05) is 11.8 Å². The fourth-order valence-electron chi connectivity index (χ4n) is 1.69. The number of hydrogen-bond acceptors (Lipinski definition) is 3. The lowest BCUT2D eigenvalue weighted by molar-refractivity contribution is -0.120. The highest BCUT2D eigenvalue weighted by Gasteiger charge is 2.36. The second kappa shape index (κ2) is 5.41. The zero-order valence-electron chi connectivity index (χ0n) is 10.9. The van der Waals surface area contributed by atoms with Gasteiger partial charge in [0.1, 0.15) is 0 Å². The lowest BCUT2D eigenvalue weighted by Gasteiger charge is -2.40. The van der Waals surface area contributed by atoms with Crippen LogP contribution in [0.1, 0.15) is 40.0 Å². The molecule has 1 aliphatic carbocycles. The van der Waals surface area contributed by atoms with E-state index < -0.39 is 0 Å². The summed E-state index contributed by atoms with van der Waals surface area (Å²) in [7, 11) is 0. The summed E-state index contributed by atoms with van der Waals surface area (Å²) >= 11 is 1.89. The van der Waals surface area contributed by atoms with Crippen molar-refractivity contribution in [3.8, 4) is 0 Å². The number of thioether (sulfide) groups is 1. The molecule has 1 rings (SSSR count). The fourth-order valence-corrected chi connectivity index (χ4v) is 2.61. The molecule has 94 valence electrons. The summed E-state index contributed by atoms with van der Waals surface area (Å²) in [5.74, 6) is 0.107. The molecule has 4 heteroatoms. The van der Waals surface area contributed by atoms with Gasteiger partial charge in [-0.25, -0.2) is 0 Å². The van der Waals surface area contributed by atoms with Gasteiger partial charge in [0.05, 0.1) is 6.54 Å². The maximum Gasteiger partial charge on any atom is 0.234 e. The van der Waals surface area contributed by atoms with Gasteiger partial charge >= 0.3 is 0 Å². The fraction of sp³-hybridized carbons (Fsp3) is 0.917. The summed E-state index contributed by atoms with van der Waals surface area (Å²) in [6.07, 6.45) is 5.91. The van der Waals surface area contributed by atoms with Crippen LogP contribution in [-0.4, -0.2) is 35.5 Å². The first-order chi connectivity index (χ1) is 7.37. The lowest BCUT2D eigenvalue weighted by Crippen LogP contribution is -2.49. The van der Waals surface area contributed by atoms with E-state index in [0.29, 0.717) is 11.3 Å². The van der Waals surface area contributed by atoms with Gasteiger partial charge in [0, 0.05) is 16.8 Å². The van der Waals surface area contributed by atoms with Gasteiger partial charge in [0.2, 0.25) is 5.91 Å². The third kappa shape index (κ3) is 4.34. The summed E-state index contributed by atoms with van der Waals surface area (Å²) in [5.41, 5.74) is 0.00496. The van der Waals surface area contributed by atoms with E-state index in [2.05, 4.69) is 37.7 Å². The highest BCUT2D eigenvalue weighted by Crippen LogP contribution is 2.42. The predicted molar refractivity (Wildman–Crippen MR) is 70.9 cm³/mol. The Morgan fingerprint density at radius 3 is 2.38 bits per heavy atom. The topological polar surface area (TPSA) is 41.1 Å². The molecule has 0 aliphatic heterocycles. The zero-order valence-corrected chi connectivity index (χ0v) is 11.7. The molecule has 0 heterocycles. The molecule has 0 aromatic heterocycles. The zero-order chi connectivity index (χ0) is 12.2. The van der Waals surface area contributed by atoms with Crippen molar-refractivity contribution < 1.29 is 4.79 Å². The van der Waals surface area contributed by atoms with Crippen LogP contribution >= 0.6 is 11.8 Å². The number of rotatable bonds is 5. The van der Waals surface area contributed by atoms with Gasteiger partial charge in [0.15, 0.2) is 0 Å². The number of amides is 1. The van der Waals surface area contributed by atoms with E-state index in [-0.39, 0.29) is 11.4 Å². The van der Waals surface area contributed by atoms with Crippen molar-refractivity contribution in [1.82, 2.24) is 10.6 Å². The monoisotopic (exact) mass is 244 g/mol. The van der Waals surface area contributed by atoms with Crippen LogP contribution in [0, 0.1) is 0 Å². The predicted octanol–water partition coefficient (Wildman–Crippen LogP) is 1.78. The van der Waals surface area contributed by atoms with Crippen molar-refractivity contribution in [1.29, 1.82) is 0 Å². The Labute approximate surface area is 103 Å². The maximum atomic E-state index is 11.6. The van der Waals surface area contributed by atoms with Gasteiger partial charge in [-0.3, -0.25) is 4.79 Å². The van der Waals surface area contributed by atoms with Gasteiger partial charge in [-0.15, -0.1) is 0 Å². The summed E-state index contributed by atoms with van der Waals surface area (Å²) in [5, 5.41) is 6.22. The number of carbonyl (C=O) groups is 1. The van der Waals surface area contributed by atoms with Gasteiger partial charge in [-0.1, -0.05) is 6.42 Å². The minimum atomic E-state index is 0.00496. The molecule has 1 amide bonds. The molecule has 0 aromatic rings. The molecule has 1 aliphatic rings. The van der Waals surface area contributed by atoms with E-state index in [1.165, 1.54) is 19.3 Å². The summed E-state index contributed by atoms with van der Waals surface area (Å²) in [6, 6.07) is 0. The first-order valence-electron chi connectivity index (χ1n) is 5.94. The van der Waals surface area contributed by atoms with Crippen LogP contribution < -0.4 is 10.6 Å². The van der Waals surface area contributed by atoms with Crippen molar-refractivity contribution in [3.05, 3.63) is 0 Å². The highest BCUT2D eigenvalue weighted by atomic mass is 32.2. The SMILES string of the molecule is CSC1(CNC(=O)CNC(C)(C)C)CCC1. The molecule has 0 radical (unpaired) electrons. The summed E-state index contributed by atoms with van der Waals surface area (Å²) in [4.78, 5) is 11.6. The van der Waals surface area contributed by atoms with E-state index in [1.54, 1.807) is 0 Å². The molecule has 0 saturated heterocycles. The standard InChI is InChI=1S/C12H24N2OS/c1-11(2,3)14-8-10(15)13-9-12(16-4)6-5-7-12/h14H,5-9H2,1-4H3,(H,13,15). The Hall–Kier alpha value is -0.220. The van der Waals surface area contributed by atoms with Gasteiger partial charge in [-0.05, 0) is 39.9 Å². The maximum absolute atomic E-state index is 11.6. The van der Waals surface area contributed by atoms with Crippen LogP contribution in [-0.2, 0) is 4.79 Å². The number of nitrogens with one attached hydrogen (secondary N) is 2. The molecule has 2 N–H and O–H groups in total. The largest absolute Gasteiger partial charge is 0.354 e. The summed E-state index contributed by atoms with van der Waals surface area (Å²) < 4.78 is 0.331. The Bertz CT molecular complexity index is 238. The molecular formula is C12H24N2OS. The summed E-state index contributed by atoms with van der Waals surface area (Å²) in [6.45, 7) is 7.42. The molecule has 0 bridgehead atoms. The number of carbonyl (C=O) groups excluding carboxylic acids is 1. The van der Waals surface area contributed by atoms with Gasteiger partial charge < -0.3 is 10.6 Å². The Balaban J connectivity index is 2.20. The third-order valence-corrected chi connectivity index (χ3v) is 4.50. The lowest BCUT2D eigenvalue weighted by atomic mass is 9.84. The number of hydrogen-bond donors (Lipinski definition) is 2. The average Bonchev–Trinajstić information content (AvgIpc) is 2.13. The Morgan fingerprint density at radius 2 is 2.00 bits per heavy atom. The van der Waals surface area contributed by atoms with E-state index in [9.17, 15) is 4.79 Å². The van der Waals surface area contributed by atoms with Crippen LogP contribution in [0.4, 0.5) is 0 Å². The van der Waals surface area contributed by atoms with Crippen molar-refractivity contribution in [2.24, 2.45) is 0 Å². The normalized spacial score (nSPS) is 19.0. The van der Waals surface area contributed by atoms with Crippen LogP contribution in [0.25, 0.3) is 0 Å². The highest BCUT2D eigenvalue weighted by molar-refractivity contribution is 8.00. The van der Waals surface area contributed by atoms with E-state index in [4.69, 9.17) is 0 Å². The van der Waals surface area contributed by atoms with Gasteiger partial charge in [-0.2, -0.15) is 11.8 Å². The van der Waals surface area contributed by atoms with E-state index >= 15 is 0 Å². The molecule has 1 saturated carbocycles. The third-order valence-electron chi connectivity index (χ3n) is 3.08. The van der Waals surface area contributed by atoms with Gasteiger partial charge in [0.25, 0.3) is 0 Å². The minimum absolute atomic E-state index is 0.00496. The molecule has 1 fully saturated rings. The Kier molecular flexibility index (Phi) is 4.68. The van der Waals surface area contributed by atoms with Crippen LogP contribution in [0.2, 0.25) is 0 Å².